The molecule has 2 N–H and O–H groups in total. The molecule has 3 nitrogen and oxygen atoms in total. The molecule has 1 aromatic rings. The minimum Gasteiger partial charge on any atom is -0.396 e. The first-order valence-electron chi connectivity index (χ1n) is 3.85. The molecule has 0 radical (unpaired) electrons. The fraction of sp³-hybridized carbons (Fsp3) is 0.571. The van der Waals surface area contributed by atoms with Gasteiger partial charge in [-0.3, -0.25) is 4.68 Å². The van der Waals surface area contributed by atoms with Gasteiger partial charge in [-0.05, 0) is 6.42 Å². The average molecular weight is 193 g/mol. The Morgan fingerprint density at radius 2 is 2.15 bits per heavy atom. The standard InChI is InChI=1S/C7H10F3N3/c1-2-3-13-6(7(8,9)10)5(11)4-12-13/h4H,2-3,11H2,1H3. The van der Waals surface area contributed by atoms with Crippen LogP contribution in [0.4, 0.5) is 18.9 Å². The second-order valence-electron chi connectivity index (χ2n) is 2.67. The first kappa shape index (κ1) is 9.88. The summed E-state index contributed by atoms with van der Waals surface area (Å²) in [6, 6.07) is 0. The van der Waals surface area contributed by atoms with Crippen molar-refractivity contribution >= 4 is 5.69 Å². The molecule has 0 atom stereocenters. The van der Waals surface area contributed by atoms with Crippen LogP contribution in [0.5, 0.6) is 0 Å². The summed E-state index contributed by atoms with van der Waals surface area (Å²) in [5, 5.41) is 3.54. The third kappa shape index (κ3) is 1.93. The van der Waals surface area contributed by atoms with E-state index in [0.717, 1.165) is 10.9 Å². The van der Waals surface area contributed by atoms with Gasteiger partial charge in [0, 0.05) is 6.54 Å². The van der Waals surface area contributed by atoms with Crippen LogP contribution in [0.2, 0.25) is 0 Å². The van der Waals surface area contributed by atoms with Crippen molar-refractivity contribution in [3.05, 3.63) is 11.9 Å². The van der Waals surface area contributed by atoms with E-state index in [1.807, 2.05) is 0 Å². The largest absolute Gasteiger partial charge is 0.435 e. The molecule has 0 aliphatic rings. The highest BCUT2D eigenvalue weighted by Crippen LogP contribution is 2.33. The summed E-state index contributed by atoms with van der Waals surface area (Å²) < 4.78 is 37.9. The van der Waals surface area contributed by atoms with E-state index >= 15 is 0 Å². The first-order chi connectivity index (χ1) is 5.96. The van der Waals surface area contributed by atoms with Gasteiger partial charge in [-0.1, -0.05) is 6.92 Å². The van der Waals surface area contributed by atoms with E-state index in [1.54, 1.807) is 6.92 Å². The van der Waals surface area contributed by atoms with Gasteiger partial charge in [0.05, 0.1) is 11.9 Å². The van der Waals surface area contributed by atoms with E-state index in [9.17, 15) is 13.2 Å². The van der Waals surface area contributed by atoms with E-state index in [-0.39, 0.29) is 12.2 Å². The van der Waals surface area contributed by atoms with E-state index in [4.69, 9.17) is 5.73 Å². The lowest BCUT2D eigenvalue weighted by molar-refractivity contribution is -0.143. The summed E-state index contributed by atoms with van der Waals surface area (Å²) in [5.41, 5.74) is 3.98. The van der Waals surface area contributed by atoms with Crippen LogP contribution in [0.1, 0.15) is 19.0 Å². The molecule has 1 heterocycles. The molecule has 0 aliphatic carbocycles. The van der Waals surface area contributed by atoms with Crippen molar-refractivity contribution < 1.29 is 13.2 Å². The van der Waals surface area contributed by atoms with Crippen LogP contribution < -0.4 is 5.73 Å². The van der Waals surface area contributed by atoms with Crippen LogP contribution in [0, 0.1) is 0 Å². The van der Waals surface area contributed by atoms with Crippen LogP contribution in [0.15, 0.2) is 6.20 Å². The molecule has 6 heteroatoms. The highest BCUT2D eigenvalue weighted by molar-refractivity contribution is 5.42. The third-order valence-corrected chi connectivity index (χ3v) is 1.57. The zero-order valence-electron chi connectivity index (χ0n) is 7.10. The topological polar surface area (TPSA) is 43.8 Å². The van der Waals surface area contributed by atoms with Crippen molar-refractivity contribution in [2.75, 3.05) is 5.73 Å². The quantitative estimate of drug-likeness (QED) is 0.779. The summed E-state index contributed by atoms with van der Waals surface area (Å²) in [7, 11) is 0. The van der Waals surface area contributed by atoms with Gasteiger partial charge in [0.1, 0.15) is 0 Å². The molecule has 0 aromatic carbocycles. The number of anilines is 1. The monoisotopic (exact) mass is 193 g/mol. The lowest BCUT2D eigenvalue weighted by Crippen LogP contribution is -2.16. The van der Waals surface area contributed by atoms with Gasteiger partial charge in [0.2, 0.25) is 0 Å². The molecular formula is C7H10F3N3. The lowest BCUT2D eigenvalue weighted by Gasteiger charge is -2.09. The molecule has 13 heavy (non-hydrogen) atoms. The zero-order valence-corrected chi connectivity index (χ0v) is 7.10. The smallest absolute Gasteiger partial charge is 0.396 e. The van der Waals surface area contributed by atoms with Crippen molar-refractivity contribution in [1.29, 1.82) is 0 Å². The predicted octanol–water partition coefficient (Wildman–Crippen LogP) is 1.89. The molecular weight excluding hydrogens is 183 g/mol. The minimum atomic E-state index is -4.42. The van der Waals surface area contributed by atoms with Gasteiger partial charge in [-0.2, -0.15) is 18.3 Å². The molecule has 74 valence electrons. The Kier molecular flexibility index (Phi) is 2.49. The van der Waals surface area contributed by atoms with Gasteiger partial charge in [-0.25, -0.2) is 0 Å². The molecule has 0 saturated heterocycles. The van der Waals surface area contributed by atoms with Gasteiger partial charge < -0.3 is 5.73 Å². The molecule has 0 spiro atoms. The number of nitrogens with zero attached hydrogens (tertiary/aromatic N) is 2. The molecule has 1 aromatic heterocycles. The Morgan fingerprint density at radius 1 is 1.54 bits per heavy atom. The van der Waals surface area contributed by atoms with Crippen LogP contribution in [0.3, 0.4) is 0 Å². The molecule has 0 amide bonds. The van der Waals surface area contributed by atoms with Crippen LogP contribution >= 0.6 is 0 Å². The maximum atomic E-state index is 12.3. The first-order valence-corrected chi connectivity index (χ1v) is 3.85. The SMILES string of the molecule is CCCn1ncc(N)c1C(F)(F)F. The van der Waals surface area contributed by atoms with E-state index < -0.39 is 11.9 Å². The maximum Gasteiger partial charge on any atom is 0.435 e. The molecule has 0 fully saturated rings. The molecule has 0 saturated carbocycles. The number of aromatic nitrogens is 2. The van der Waals surface area contributed by atoms with Gasteiger partial charge >= 0.3 is 6.18 Å². The van der Waals surface area contributed by atoms with Crippen molar-refractivity contribution in [3.8, 4) is 0 Å². The van der Waals surface area contributed by atoms with Crippen molar-refractivity contribution in [1.82, 2.24) is 9.78 Å². The molecule has 1 rings (SSSR count). The Bertz CT molecular complexity index is 290. The van der Waals surface area contributed by atoms with E-state index in [0.29, 0.717) is 6.42 Å². The van der Waals surface area contributed by atoms with Crippen LogP contribution in [-0.4, -0.2) is 9.78 Å². The number of rotatable bonds is 2. The minimum absolute atomic E-state index is 0.228. The fourth-order valence-corrected chi connectivity index (χ4v) is 1.09. The zero-order chi connectivity index (χ0) is 10.1. The molecule has 0 unspecified atom stereocenters. The second-order valence-corrected chi connectivity index (χ2v) is 2.67. The highest BCUT2D eigenvalue weighted by atomic mass is 19.4. The van der Waals surface area contributed by atoms with E-state index in [1.165, 1.54) is 0 Å². The Balaban J connectivity index is 3.09. The normalized spacial score (nSPS) is 12.0. The average Bonchev–Trinajstić information content (AvgIpc) is 2.31. The number of aryl methyl sites for hydroxylation is 1. The van der Waals surface area contributed by atoms with Gasteiger partial charge in [-0.15, -0.1) is 0 Å². The lowest BCUT2D eigenvalue weighted by atomic mass is 10.3. The van der Waals surface area contributed by atoms with Gasteiger partial charge in [0.15, 0.2) is 5.69 Å². The summed E-state index contributed by atoms with van der Waals surface area (Å²) >= 11 is 0. The Labute approximate surface area is 73.3 Å². The number of nitrogen functional groups attached to an aromatic ring is 1. The highest BCUT2D eigenvalue weighted by Gasteiger charge is 2.37. The fourth-order valence-electron chi connectivity index (χ4n) is 1.09. The Hall–Kier alpha value is -1.20. The molecule has 0 aliphatic heterocycles. The van der Waals surface area contributed by atoms with Crippen molar-refractivity contribution in [2.45, 2.75) is 26.1 Å². The van der Waals surface area contributed by atoms with Gasteiger partial charge in [0.25, 0.3) is 0 Å². The number of hydrogen-bond acceptors (Lipinski definition) is 2. The van der Waals surface area contributed by atoms with Crippen molar-refractivity contribution in [3.63, 3.8) is 0 Å². The summed E-state index contributed by atoms with van der Waals surface area (Å²) in [6.07, 6.45) is -2.81. The van der Waals surface area contributed by atoms with E-state index in [2.05, 4.69) is 5.10 Å². The second kappa shape index (κ2) is 3.27. The predicted molar refractivity (Wildman–Crippen MR) is 41.9 cm³/mol. The van der Waals surface area contributed by atoms with Crippen LogP contribution in [0.25, 0.3) is 0 Å². The number of alkyl halides is 3. The summed E-state index contributed by atoms with van der Waals surface area (Å²) in [5.74, 6) is 0. The Morgan fingerprint density at radius 3 is 2.62 bits per heavy atom. The third-order valence-electron chi connectivity index (χ3n) is 1.57. The summed E-state index contributed by atoms with van der Waals surface area (Å²) in [4.78, 5) is 0. The summed E-state index contributed by atoms with van der Waals surface area (Å²) in [6.45, 7) is 2.00. The number of nitrogens with two attached hydrogens (primary N) is 1. The number of halogens is 3. The number of hydrogen-bond donors (Lipinski definition) is 1. The van der Waals surface area contributed by atoms with Crippen molar-refractivity contribution in [2.24, 2.45) is 0 Å². The maximum absolute atomic E-state index is 12.3. The molecule has 0 bridgehead atoms. The van der Waals surface area contributed by atoms with Crippen LogP contribution in [-0.2, 0) is 12.7 Å².